The molecular formula is C11H21ClN2O3. The highest BCUT2D eigenvalue weighted by Crippen LogP contribution is 2.03. The van der Waals surface area contributed by atoms with Gasteiger partial charge in [0.15, 0.2) is 0 Å². The molecule has 1 amide bonds. The zero-order chi connectivity index (χ0) is 13.1. The first kappa shape index (κ1) is 16.2. The Labute approximate surface area is 107 Å². The zero-order valence-electron chi connectivity index (χ0n) is 9.95. The van der Waals surface area contributed by atoms with E-state index in [1.165, 1.54) is 0 Å². The third-order valence-electron chi connectivity index (χ3n) is 2.37. The molecule has 6 heteroatoms. The second-order valence-electron chi connectivity index (χ2n) is 3.89. The number of carbonyl (C=O) groups is 2. The number of amides is 1. The van der Waals surface area contributed by atoms with E-state index in [9.17, 15) is 9.59 Å². The minimum absolute atomic E-state index is 0.227. The summed E-state index contributed by atoms with van der Waals surface area (Å²) in [5, 5.41) is 11.4. The number of alkyl halides is 1. The second kappa shape index (κ2) is 10.4. The van der Waals surface area contributed by atoms with Gasteiger partial charge in [-0.15, -0.1) is 11.6 Å². The van der Waals surface area contributed by atoms with E-state index >= 15 is 0 Å². The maximum absolute atomic E-state index is 11.4. The van der Waals surface area contributed by atoms with Crippen molar-refractivity contribution in [2.75, 3.05) is 12.4 Å². The molecule has 1 atom stereocenters. The molecule has 17 heavy (non-hydrogen) atoms. The smallest absolute Gasteiger partial charge is 0.326 e. The third-order valence-corrected chi connectivity index (χ3v) is 2.63. The normalized spacial score (nSPS) is 12.1. The summed E-state index contributed by atoms with van der Waals surface area (Å²) in [6, 6.07) is -0.801. The highest BCUT2D eigenvalue weighted by molar-refractivity contribution is 6.17. The summed E-state index contributed by atoms with van der Waals surface area (Å²) in [6.45, 7) is 0.538. The Morgan fingerprint density at radius 3 is 2.47 bits per heavy atom. The van der Waals surface area contributed by atoms with Gasteiger partial charge in [-0.05, 0) is 38.6 Å². The Hall–Kier alpha value is -0.810. The topological polar surface area (TPSA) is 92.4 Å². The van der Waals surface area contributed by atoms with E-state index in [1.807, 2.05) is 0 Å². The van der Waals surface area contributed by atoms with Gasteiger partial charge in [-0.3, -0.25) is 4.79 Å². The van der Waals surface area contributed by atoms with Crippen molar-refractivity contribution < 1.29 is 14.7 Å². The van der Waals surface area contributed by atoms with E-state index in [2.05, 4.69) is 5.32 Å². The molecule has 0 aromatic rings. The lowest BCUT2D eigenvalue weighted by Gasteiger charge is -2.14. The first-order valence-electron chi connectivity index (χ1n) is 5.90. The Morgan fingerprint density at radius 2 is 1.94 bits per heavy atom. The van der Waals surface area contributed by atoms with E-state index in [0.717, 1.165) is 12.8 Å². The quantitative estimate of drug-likeness (QED) is 0.407. The minimum atomic E-state index is -0.993. The van der Waals surface area contributed by atoms with Crippen LogP contribution < -0.4 is 11.1 Å². The number of rotatable bonds is 10. The highest BCUT2D eigenvalue weighted by atomic mass is 35.5. The second-order valence-corrected chi connectivity index (χ2v) is 4.27. The zero-order valence-corrected chi connectivity index (χ0v) is 10.7. The number of nitrogens with two attached hydrogens (primary N) is 1. The maximum atomic E-state index is 11.4. The van der Waals surface area contributed by atoms with Gasteiger partial charge >= 0.3 is 5.97 Å². The van der Waals surface area contributed by atoms with Crippen LogP contribution in [0.4, 0.5) is 0 Å². The van der Waals surface area contributed by atoms with Crippen LogP contribution in [0.25, 0.3) is 0 Å². The Kier molecular flexibility index (Phi) is 9.86. The number of unbranched alkanes of at least 4 members (excludes halogenated alkanes) is 2. The number of carbonyl (C=O) groups excluding carboxylic acids is 1. The number of carboxylic acid groups (broad SMARTS) is 1. The van der Waals surface area contributed by atoms with Crippen molar-refractivity contribution in [1.29, 1.82) is 0 Å². The van der Waals surface area contributed by atoms with Gasteiger partial charge in [-0.2, -0.15) is 0 Å². The Morgan fingerprint density at radius 1 is 1.24 bits per heavy atom. The monoisotopic (exact) mass is 264 g/mol. The van der Waals surface area contributed by atoms with E-state index in [-0.39, 0.29) is 5.91 Å². The number of hydrogen-bond donors (Lipinski definition) is 3. The average molecular weight is 265 g/mol. The van der Waals surface area contributed by atoms with Crippen molar-refractivity contribution >= 4 is 23.5 Å². The van der Waals surface area contributed by atoms with Crippen molar-refractivity contribution in [2.24, 2.45) is 5.73 Å². The summed E-state index contributed by atoms with van der Waals surface area (Å²) in [4.78, 5) is 22.3. The van der Waals surface area contributed by atoms with Crippen LogP contribution >= 0.6 is 11.6 Å². The van der Waals surface area contributed by atoms with Crippen LogP contribution in [-0.4, -0.2) is 35.4 Å². The lowest BCUT2D eigenvalue weighted by Crippen LogP contribution is -2.40. The van der Waals surface area contributed by atoms with Gasteiger partial charge in [0.25, 0.3) is 0 Å². The van der Waals surface area contributed by atoms with Crippen molar-refractivity contribution in [3.05, 3.63) is 0 Å². The standard InChI is InChI=1S/C11H21ClN2O3/c12-7-3-1-6-10(15)14-9(11(16)17)5-2-4-8-13/h9H,1-8,13H2,(H,14,15)(H,16,17)/t9-/m0/s1. The highest BCUT2D eigenvalue weighted by Gasteiger charge is 2.18. The molecule has 0 radical (unpaired) electrons. The van der Waals surface area contributed by atoms with Crippen LogP contribution in [0.1, 0.15) is 38.5 Å². The van der Waals surface area contributed by atoms with E-state index in [1.54, 1.807) is 0 Å². The fraction of sp³-hybridized carbons (Fsp3) is 0.818. The van der Waals surface area contributed by atoms with E-state index < -0.39 is 12.0 Å². The fourth-order valence-corrected chi connectivity index (χ4v) is 1.59. The molecule has 0 aliphatic carbocycles. The van der Waals surface area contributed by atoms with Gasteiger partial charge in [-0.25, -0.2) is 4.79 Å². The van der Waals surface area contributed by atoms with Gasteiger partial charge in [0.2, 0.25) is 5.91 Å². The van der Waals surface area contributed by atoms with Gasteiger partial charge in [-0.1, -0.05) is 0 Å². The number of aliphatic carboxylic acids is 1. The van der Waals surface area contributed by atoms with Crippen molar-refractivity contribution in [3.8, 4) is 0 Å². The summed E-state index contributed by atoms with van der Waals surface area (Å²) in [6.07, 6.45) is 3.67. The molecule has 4 N–H and O–H groups in total. The molecule has 0 saturated heterocycles. The lowest BCUT2D eigenvalue weighted by molar-refractivity contribution is -0.142. The molecule has 0 aromatic carbocycles. The lowest BCUT2D eigenvalue weighted by atomic mass is 10.1. The molecule has 0 unspecified atom stereocenters. The predicted molar refractivity (Wildman–Crippen MR) is 67.0 cm³/mol. The average Bonchev–Trinajstić information content (AvgIpc) is 2.28. The SMILES string of the molecule is NCCCC[C@H](NC(=O)CCCCCl)C(=O)O. The number of hydrogen-bond acceptors (Lipinski definition) is 3. The molecule has 0 spiro atoms. The molecule has 0 aliphatic rings. The molecule has 0 aliphatic heterocycles. The largest absolute Gasteiger partial charge is 0.480 e. The molecule has 0 aromatic heterocycles. The number of carboxylic acids is 1. The first-order chi connectivity index (χ1) is 8.11. The van der Waals surface area contributed by atoms with Crippen LogP contribution in [0, 0.1) is 0 Å². The van der Waals surface area contributed by atoms with Crippen LogP contribution in [-0.2, 0) is 9.59 Å². The van der Waals surface area contributed by atoms with Crippen LogP contribution in [0.2, 0.25) is 0 Å². The van der Waals surface area contributed by atoms with Crippen molar-refractivity contribution in [1.82, 2.24) is 5.32 Å². The Balaban J connectivity index is 3.89. The summed E-state index contributed by atoms with van der Waals surface area (Å²) < 4.78 is 0. The molecule has 0 rings (SSSR count). The van der Waals surface area contributed by atoms with Crippen molar-refractivity contribution in [2.45, 2.75) is 44.6 Å². The number of halogens is 1. The summed E-state index contributed by atoms with van der Waals surface area (Å²) in [5.74, 6) is -0.699. The molecule has 5 nitrogen and oxygen atoms in total. The molecule has 0 bridgehead atoms. The Bertz CT molecular complexity index is 237. The predicted octanol–water partition coefficient (Wildman–Crippen LogP) is 1.09. The van der Waals surface area contributed by atoms with Gasteiger partial charge in [0.1, 0.15) is 6.04 Å². The molecule has 0 heterocycles. The maximum Gasteiger partial charge on any atom is 0.326 e. The van der Waals surface area contributed by atoms with E-state index in [4.69, 9.17) is 22.4 Å². The fourth-order valence-electron chi connectivity index (χ4n) is 1.40. The minimum Gasteiger partial charge on any atom is -0.480 e. The summed E-state index contributed by atoms with van der Waals surface area (Å²) in [7, 11) is 0. The van der Waals surface area contributed by atoms with Crippen LogP contribution in [0.5, 0.6) is 0 Å². The molecular weight excluding hydrogens is 244 g/mol. The van der Waals surface area contributed by atoms with Gasteiger partial charge < -0.3 is 16.2 Å². The summed E-state index contributed by atoms with van der Waals surface area (Å²) in [5.41, 5.74) is 5.33. The van der Waals surface area contributed by atoms with E-state index in [0.29, 0.717) is 38.1 Å². The van der Waals surface area contributed by atoms with Gasteiger partial charge in [0, 0.05) is 12.3 Å². The first-order valence-corrected chi connectivity index (χ1v) is 6.43. The molecule has 0 fully saturated rings. The summed E-state index contributed by atoms with van der Waals surface area (Å²) >= 11 is 5.49. The van der Waals surface area contributed by atoms with Crippen LogP contribution in [0.3, 0.4) is 0 Å². The molecule has 100 valence electrons. The van der Waals surface area contributed by atoms with Gasteiger partial charge in [0.05, 0.1) is 0 Å². The molecule has 0 saturated carbocycles. The van der Waals surface area contributed by atoms with Crippen molar-refractivity contribution in [3.63, 3.8) is 0 Å². The van der Waals surface area contributed by atoms with Crippen LogP contribution in [0.15, 0.2) is 0 Å². The third kappa shape index (κ3) is 8.94. The number of nitrogens with one attached hydrogen (secondary N) is 1.